The van der Waals surface area contributed by atoms with Crippen LogP contribution in [-0.4, -0.2) is 16.9 Å². The Morgan fingerprint density at radius 2 is 2.22 bits per heavy atom. The first-order valence-corrected chi connectivity index (χ1v) is 6.05. The van der Waals surface area contributed by atoms with Gasteiger partial charge in [-0.15, -0.1) is 0 Å². The van der Waals surface area contributed by atoms with Crippen molar-refractivity contribution in [3.63, 3.8) is 0 Å². The minimum atomic E-state index is -0.187. The van der Waals surface area contributed by atoms with Gasteiger partial charge >= 0.3 is 0 Å². The van der Waals surface area contributed by atoms with Crippen molar-refractivity contribution in [2.24, 2.45) is 12.8 Å². The van der Waals surface area contributed by atoms with Gasteiger partial charge in [0.05, 0.1) is 12.8 Å². The molecular weight excluding hydrogens is 250 g/mol. The molecule has 0 radical (unpaired) electrons. The number of hydrogen-bond acceptors (Lipinski definition) is 3. The molecule has 0 amide bonds. The Bertz CT molecular complexity index is 539. The number of aromatic nitrogens is 2. The van der Waals surface area contributed by atoms with Crippen LogP contribution >= 0.6 is 11.6 Å². The van der Waals surface area contributed by atoms with Crippen LogP contribution in [0, 0.1) is 0 Å². The largest absolute Gasteiger partial charge is 0.496 e. The van der Waals surface area contributed by atoms with Crippen LogP contribution in [0.3, 0.4) is 0 Å². The normalized spacial score (nSPS) is 12.4. The van der Waals surface area contributed by atoms with Crippen molar-refractivity contribution >= 4 is 11.6 Å². The molecule has 0 fully saturated rings. The second-order valence-electron chi connectivity index (χ2n) is 4.18. The van der Waals surface area contributed by atoms with Crippen LogP contribution in [0.25, 0.3) is 0 Å². The van der Waals surface area contributed by atoms with Crippen LogP contribution in [0.1, 0.15) is 17.3 Å². The van der Waals surface area contributed by atoms with E-state index in [0.717, 1.165) is 17.0 Å². The Kier molecular flexibility index (Phi) is 3.89. The Morgan fingerprint density at radius 1 is 1.44 bits per heavy atom. The SMILES string of the molecule is COc1ccc(Cl)cc1C(N)Cc1ccn(C)n1. The Labute approximate surface area is 111 Å². The summed E-state index contributed by atoms with van der Waals surface area (Å²) in [6, 6.07) is 7.23. The van der Waals surface area contributed by atoms with E-state index in [-0.39, 0.29) is 6.04 Å². The van der Waals surface area contributed by atoms with E-state index in [1.807, 2.05) is 31.4 Å². The first-order chi connectivity index (χ1) is 8.60. The van der Waals surface area contributed by atoms with Gasteiger partial charge in [-0.1, -0.05) is 11.6 Å². The highest BCUT2D eigenvalue weighted by Crippen LogP contribution is 2.28. The lowest BCUT2D eigenvalue weighted by molar-refractivity contribution is 0.405. The fourth-order valence-electron chi connectivity index (χ4n) is 1.90. The van der Waals surface area contributed by atoms with Gasteiger partial charge in [-0.25, -0.2) is 0 Å². The lowest BCUT2D eigenvalue weighted by atomic mass is 10.0. The third-order valence-corrected chi connectivity index (χ3v) is 3.02. The lowest BCUT2D eigenvalue weighted by Crippen LogP contribution is -2.15. The second kappa shape index (κ2) is 5.42. The third-order valence-electron chi connectivity index (χ3n) is 2.79. The fourth-order valence-corrected chi connectivity index (χ4v) is 2.08. The molecule has 18 heavy (non-hydrogen) atoms. The molecule has 2 rings (SSSR count). The van der Waals surface area contributed by atoms with Crippen molar-refractivity contribution in [2.75, 3.05) is 7.11 Å². The summed E-state index contributed by atoms with van der Waals surface area (Å²) in [6.45, 7) is 0. The summed E-state index contributed by atoms with van der Waals surface area (Å²) in [5, 5.41) is 4.97. The summed E-state index contributed by atoms with van der Waals surface area (Å²) in [6.07, 6.45) is 2.55. The molecular formula is C13H16ClN3O. The number of hydrogen-bond donors (Lipinski definition) is 1. The summed E-state index contributed by atoms with van der Waals surface area (Å²) in [4.78, 5) is 0. The smallest absolute Gasteiger partial charge is 0.123 e. The molecule has 5 heteroatoms. The van der Waals surface area contributed by atoms with E-state index in [2.05, 4.69) is 5.10 Å². The van der Waals surface area contributed by atoms with Gasteiger partial charge in [0, 0.05) is 36.3 Å². The van der Waals surface area contributed by atoms with Crippen LogP contribution in [0.4, 0.5) is 0 Å². The zero-order chi connectivity index (χ0) is 13.1. The maximum atomic E-state index is 6.19. The maximum Gasteiger partial charge on any atom is 0.123 e. The average molecular weight is 266 g/mol. The molecule has 1 atom stereocenters. The number of nitrogens with zero attached hydrogens (tertiary/aromatic N) is 2. The Balaban J connectivity index is 2.22. The minimum absolute atomic E-state index is 0.187. The maximum absolute atomic E-state index is 6.19. The quantitative estimate of drug-likeness (QED) is 0.923. The second-order valence-corrected chi connectivity index (χ2v) is 4.61. The monoisotopic (exact) mass is 265 g/mol. The molecule has 1 aromatic heterocycles. The van der Waals surface area contributed by atoms with Crippen molar-refractivity contribution in [3.8, 4) is 5.75 Å². The van der Waals surface area contributed by atoms with Crippen molar-refractivity contribution in [3.05, 3.63) is 46.7 Å². The molecule has 4 nitrogen and oxygen atoms in total. The highest BCUT2D eigenvalue weighted by molar-refractivity contribution is 6.30. The predicted octanol–water partition coefficient (Wildman–Crippen LogP) is 2.32. The summed E-state index contributed by atoms with van der Waals surface area (Å²) in [7, 11) is 3.51. The van der Waals surface area contributed by atoms with Gasteiger partial charge in [-0.05, 0) is 24.3 Å². The molecule has 0 spiro atoms. The van der Waals surface area contributed by atoms with Crippen LogP contribution in [-0.2, 0) is 13.5 Å². The number of benzene rings is 1. The Hall–Kier alpha value is -1.52. The van der Waals surface area contributed by atoms with Gasteiger partial charge < -0.3 is 10.5 Å². The van der Waals surface area contributed by atoms with Gasteiger partial charge in [0.15, 0.2) is 0 Å². The summed E-state index contributed by atoms with van der Waals surface area (Å²) >= 11 is 5.99. The molecule has 0 saturated carbocycles. The topological polar surface area (TPSA) is 53.1 Å². The van der Waals surface area contributed by atoms with E-state index in [4.69, 9.17) is 22.1 Å². The standard InChI is InChI=1S/C13H16ClN3O/c1-17-6-5-10(16-17)8-12(15)11-7-9(14)3-4-13(11)18-2/h3-7,12H,8,15H2,1-2H3. The number of aryl methyl sites for hydroxylation is 1. The van der Waals surface area contributed by atoms with Gasteiger partial charge in [-0.2, -0.15) is 5.10 Å². The van der Waals surface area contributed by atoms with Crippen LogP contribution in [0.2, 0.25) is 5.02 Å². The number of halogens is 1. The number of rotatable bonds is 4. The van der Waals surface area contributed by atoms with Gasteiger partial charge in [0.1, 0.15) is 5.75 Å². The van der Waals surface area contributed by atoms with E-state index in [1.54, 1.807) is 17.9 Å². The third kappa shape index (κ3) is 2.83. The molecule has 0 bridgehead atoms. The van der Waals surface area contributed by atoms with E-state index in [1.165, 1.54) is 0 Å². The van der Waals surface area contributed by atoms with E-state index in [0.29, 0.717) is 11.4 Å². The van der Waals surface area contributed by atoms with Gasteiger partial charge in [0.2, 0.25) is 0 Å². The lowest BCUT2D eigenvalue weighted by Gasteiger charge is -2.15. The Morgan fingerprint density at radius 3 is 2.83 bits per heavy atom. The molecule has 1 heterocycles. The van der Waals surface area contributed by atoms with Crippen molar-refractivity contribution in [1.82, 2.24) is 9.78 Å². The molecule has 0 aliphatic rings. The highest BCUT2D eigenvalue weighted by atomic mass is 35.5. The highest BCUT2D eigenvalue weighted by Gasteiger charge is 2.14. The average Bonchev–Trinajstić information content (AvgIpc) is 2.74. The zero-order valence-electron chi connectivity index (χ0n) is 10.4. The van der Waals surface area contributed by atoms with Crippen molar-refractivity contribution in [1.29, 1.82) is 0 Å². The van der Waals surface area contributed by atoms with Crippen LogP contribution in [0.15, 0.2) is 30.5 Å². The van der Waals surface area contributed by atoms with E-state index in [9.17, 15) is 0 Å². The minimum Gasteiger partial charge on any atom is -0.496 e. The van der Waals surface area contributed by atoms with Crippen molar-refractivity contribution in [2.45, 2.75) is 12.5 Å². The predicted molar refractivity (Wildman–Crippen MR) is 71.8 cm³/mol. The molecule has 0 saturated heterocycles. The van der Waals surface area contributed by atoms with E-state index < -0.39 is 0 Å². The first kappa shape index (κ1) is 12.9. The summed E-state index contributed by atoms with van der Waals surface area (Å²) < 4.78 is 7.06. The molecule has 1 unspecified atom stereocenters. The summed E-state index contributed by atoms with van der Waals surface area (Å²) in [5.41, 5.74) is 8.04. The van der Waals surface area contributed by atoms with E-state index >= 15 is 0 Å². The zero-order valence-corrected chi connectivity index (χ0v) is 11.2. The number of nitrogens with two attached hydrogens (primary N) is 1. The fraction of sp³-hybridized carbons (Fsp3) is 0.308. The summed E-state index contributed by atoms with van der Waals surface area (Å²) in [5.74, 6) is 0.753. The van der Waals surface area contributed by atoms with Gasteiger partial charge in [-0.3, -0.25) is 4.68 Å². The molecule has 2 N–H and O–H groups in total. The van der Waals surface area contributed by atoms with Crippen LogP contribution < -0.4 is 10.5 Å². The van der Waals surface area contributed by atoms with Gasteiger partial charge in [0.25, 0.3) is 0 Å². The van der Waals surface area contributed by atoms with Crippen molar-refractivity contribution < 1.29 is 4.74 Å². The van der Waals surface area contributed by atoms with Crippen LogP contribution in [0.5, 0.6) is 5.75 Å². The first-order valence-electron chi connectivity index (χ1n) is 5.67. The molecule has 1 aromatic carbocycles. The molecule has 0 aliphatic heterocycles. The molecule has 2 aromatic rings. The number of ether oxygens (including phenoxy) is 1. The molecule has 96 valence electrons. The molecule has 0 aliphatic carbocycles. The number of methoxy groups -OCH3 is 1.